The molecule has 34 heavy (non-hydrogen) atoms. The number of carbonyl (C=O) groups is 1. The van der Waals surface area contributed by atoms with Crippen molar-refractivity contribution in [2.45, 2.75) is 31.6 Å². The van der Waals surface area contributed by atoms with Crippen LogP contribution in [-0.4, -0.2) is 70.8 Å². The van der Waals surface area contributed by atoms with Gasteiger partial charge in [0.1, 0.15) is 0 Å². The minimum Gasteiger partial charge on any atom is -0.339 e. The van der Waals surface area contributed by atoms with Crippen molar-refractivity contribution >= 4 is 11.6 Å². The molecule has 7 nitrogen and oxygen atoms in total. The molecule has 182 valence electrons. The van der Waals surface area contributed by atoms with E-state index in [1.165, 1.54) is 30.3 Å². The number of hydrogen-bond donors (Lipinski definition) is 0. The molecule has 2 aliphatic rings. The van der Waals surface area contributed by atoms with Gasteiger partial charge < -0.3 is 4.90 Å². The van der Waals surface area contributed by atoms with Crippen molar-refractivity contribution in [2.75, 3.05) is 39.3 Å². The van der Waals surface area contributed by atoms with Crippen molar-refractivity contribution in [1.82, 2.24) is 14.7 Å². The average molecular weight is 476 g/mol. The van der Waals surface area contributed by atoms with E-state index in [0.717, 1.165) is 32.0 Å². The number of non-ortho nitro benzene ring substituents is 1. The van der Waals surface area contributed by atoms with E-state index in [1.54, 1.807) is 17.0 Å². The van der Waals surface area contributed by atoms with E-state index in [2.05, 4.69) is 9.80 Å². The Morgan fingerprint density at radius 3 is 2.15 bits per heavy atom. The maximum absolute atomic E-state index is 13.3. The number of nitro groups is 1. The van der Waals surface area contributed by atoms with Crippen LogP contribution in [0.25, 0.3) is 0 Å². The normalized spacial score (nSPS) is 18.7. The van der Waals surface area contributed by atoms with Gasteiger partial charge in [-0.25, -0.2) is 0 Å². The van der Waals surface area contributed by atoms with Crippen LogP contribution in [0.15, 0.2) is 48.5 Å². The summed E-state index contributed by atoms with van der Waals surface area (Å²) in [6.45, 7) is 4.48. The van der Waals surface area contributed by atoms with Crippen LogP contribution in [0.5, 0.6) is 0 Å². The van der Waals surface area contributed by atoms with Gasteiger partial charge in [-0.1, -0.05) is 18.2 Å². The second kappa shape index (κ2) is 10.1. The Bertz CT molecular complexity index is 1010. The fraction of sp³-hybridized carbons (Fsp3) is 0.458. The van der Waals surface area contributed by atoms with Gasteiger partial charge in [-0.15, -0.1) is 0 Å². The second-order valence-corrected chi connectivity index (χ2v) is 8.79. The maximum Gasteiger partial charge on any atom is 0.416 e. The van der Waals surface area contributed by atoms with Gasteiger partial charge in [-0.3, -0.25) is 24.7 Å². The highest BCUT2D eigenvalue weighted by Crippen LogP contribution is 2.32. The number of rotatable bonds is 5. The number of amides is 1. The van der Waals surface area contributed by atoms with E-state index in [-0.39, 0.29) is 18.1 Å². The van der Waals surface area contributed by atoms with Gasteiger partial charge in [-0.2, -0.15) is 13.2 Å². The van der Waals surface area contributed by atoms with Crippen molar-refractivity contribution in [3.8, 4) is 0 Å². The quantitative estimate of drug-likeness (QED) is 0.481. The van der Waals surface area contributed by atoms with E-state index in [0.29, 0.717) is 43.3 Å². The van der Waals surface area contributed by atoms with Crippen LogP contribution in [0.4, 0.5) is 18.9 Å². The topological polar surface area (TPSA) is 69.9 Å². The van der Waals surface area contributed by atoms with Crippen LogP contribution in [0.3, 0.4) is 0 Å². The molecule has 2 aliphatic heterocycles. The zero-order valence-corrected chi connectivity index (χ0v) is 18.7. The third-order valence-corrected chi connectivity index (χ3v) is 6.72. The van der Waals surface area contributed by atoms with Gasteiger partial charge in [0.05, 0.1) is 10.5 Å². The van der Waals surface area contributed by atoms with E-state index in [9.17, 15) is 28.1 Å². The SMILES string of the molecule is O=C(c1ccc([N+](=O)[O-])cc1)N1CCC(N2CCN(Cc3ccccc3C(F)(F)F)CC2)CC1. The largest absolute Gasteiger partial charge is 0.416 e. The number of piperidine rings is 1. The molecule has 0 saturated carbocycles. The third-order valence-electron chi connectivity index (χ3n) is 6.72. The molecule has 0 unspecified atom stereocenters. The number of hydrogen-bond acceptors (Lipinski definition) is 5. The van der Waals surface area contributed by atoms with Crippen molar-refractivity contribution in [3.05, 3.63) is 75.3 Å². The first-order valence-corrected chi connectivity index (χ1v) is 11.4. The summed E-state index contributed by atoms with van der Waals surface area (Å²) >= 11 is 0. The summed E-state index contributed by atoms with van der Waals surface area (Å²) in [6, 6.07) is 11.7. The molecule has 0 aliphatic carbocycles. The van der Waals surface area contributed by atoms with Gasteiger partial charge in [0.25, 0.3) is 11.6 Å². The molecular formula is C24H27F3N4O3. The van der Waals surface area contributed by atoms with Gasteiger partial charge in [0.2, 0.25) is 0 Å². The Labute approximate surface area is 195 Å². The highest BCUT2D eigenvalue weighted by Gasteiger charge is 2.34. The Hall–Kier alpha value is -2.98. The summed E-state index contributed by atoms with van der Waals surface area (Å²) < 4.78 is 39.8. The number of nitro benzene ring substituents is 1. The van der Waals surface area contributed by atoms with Gasteiger partial charge in [0.15, 0.2) is 0 Å². The lowest BCUT2D eigenvalue weighted by Crippen LogP contribution is -2.53. The van der Waals surface area contributed by atoms with Crippen LogP contribution in [-0.2, 0) is 12.7 Å². The molecule has 4 rings (SSSR count). The predicted molar refractivity (Wildman–Crippen MR) is 120 cm³/mol. The Balaban J connectivity index is 1.26. The summed E-state index contributed by atoms with van der Waals surface area (Å²) in [4.78, 5) is 29.3. The summed E-state index contributed by atoms with van der Waals surface area (Å²) in [5.74, 6) is -0.124. The Morgan fingerprint density at radius 1 is 0.941 bits per heavy atom. The zero-order chi connectivity index (χ0) is 24.3. The Kier molecular flexibility index (Phi) is 7.18. The zero-order valence-electron chi connectivity index (χ0n) is 18.7. The van der Waals surface area contributed by atoms with Crippen molar-refractivity contribution in [1.29, 1.82) is 0 Å². The van der Waals surface area contributed by atoms with Crippen molar-refractivity contribution in [2.24, 2.45) is 0 Å². The molecule has 2 aromatic rings. The van der Waals surface area contributed by atoms with Crippen LogP contribution in [0, 0.1) is 10.1 Å². The van der Waals surface area contributed by atoms with E-state index >= 15 is 0 Å². The second-order valence-electron chi connectivity index (χ2n) is 8.79. The first-order valence-electron chi connectivity index (χ1n) is 11.4. The standard InChI is InChI=1S/C24H27F3N4O3/c25-24(26,27)22-4-2-1-3-19(22)17-28-13-15-29(16-14-28)20-9-11-30(12-10-20)23(32)18-5-7-21(8-6-18)31(33)34/h1-8,20H,9-17H2. The summed E-state index contributed by atoms with van der Waals surface area (Å²) in [5.41, 5.74) is 0.136. The number of halogens is 3. The molecule has 0 aromatic heterocycles. The molecule has 0 radical (unpaired) electrons. The fourth-order valence-corrected chi connectivity index (χ4v) is 4.80. The van der Waals surface area contributed by atoms with Crippen LogP contribution < -0.4 is 0 Å². The Morgan fingerprint density at radius 2 is 1.56 bits per heavy atom. The first-order chi connectivity index (χ1) is 16.2. The number of alkyl halides is 3. The molecule has 2 heterocycles. The molecule has 0 bridgehead atoms. The fourth-order valence-electron chi connectivity index (χ4n) is 4.80. The van der Waals surface area contributed by atoms with Crippen LogP contribution in [0.2, 0.25) is 0 Å². The summed E-state index contributed by atoms with van der Waals surface area (Å²) in [6.07, 6.45) is -2.69. The van der Waals surface area contributed by atoms with Gasteiger partial charge in [0, 0.05) is 69.6 Å². The van der Waals surface area contributed by atoms with Gasteiger partial charge >= 0.3 is 6.18 Å². The minimum absolute atomic E-state index is 0.0451. The van der Waals surface area contributed by atoms with Gasteiger partial charge in [-0.05, 0) is 36.6 Å². The van der Waals surface area contributed by atoms with E-state index < -0.39 is 16.7 Å². The molecule has 2 fully saturated rings. The summed E-state index contributed by atoms with van der Waals surface area (Å²) in [7, 11) is 0. The lowest BCUT2D eigenvalue weighted by molar-refractivity contribution is -0.384. The van der Waals surface area contributed by atoms with Crippen molar-refractivity contribution < 1.29 is 22.9 Å². The van der Waals surface area contributed by atoms with Crippen LogP contribution >= 0.6 is 0 Å². The molecule has 1 amide bonds. The molecule has 2 saturated heterocycles. The van der Waals surface area contributed by atoms with Crippen molar-refractivity contribution in [3.63, 3.8) is 0 Å². The highest BCUT2D eigenvalue weighted by atomic mass is 19.4. The van der Waals surface area contributed by atoms with Crippen LogP contribution in [0.1, 0.15) is 34.3 Å². The number of nitrogens with zero attached hydrogens (tertiary/aromatic N) is 4. The molecule has 0 atom stereocenters. The first kappa shape index (κ1) is 24.2. The lowest BCUT2D eigenvalue weighted by atomic mass is 10.0. The number of carbonyl (C=O) groups excluding carboxylic acids is 1. The minimum atomic E-state index is -4.35. The summed E-state index contributed by atoms with van der Waals surface area (Å²) in [5, 5.41) is 10.8. The third kappa shape index (κ3) is 5.56. The number of benzene rings is 2. The molecule has 2 aromatic carbocycles. The monoisotopic (exact) mass is 476 g/mol. The highest BCUT2D eigenvalue weighted by molar-refractivity contribution is 5.94. The molecule has 0 N–H and O–H groups in total. The molecule has 0 spiro atoms. The predicted octanol–water partition coefficient (Wildman–Crippen LogP) is 4.04. The maximum atomic E-state index is 13.3. The smallest absolute Gasteiger partial charge is 0.339 e. The number of piperazine rings is 1. The molecule has 10 heteroatoms. The number of likely N-dealkylation sites (tertiary alicyclic amines) is 1. The van der Waals surface area contributed by atoms with E-state index in [1.807, 2.05) is 0 Å². The lowest BCUT2D eigenvalue weighted by Gasteiger charge is -2.43. The molecular weight excluding hydrogens is 449 g/mol. The average Bonchev–Trinajstić information content (AvgIpc) is 2.84. The van der Waals surface area contributed by atoms with E-state index in [4.69, 9.17) is 0 Å².